The van der Waals surface area contributed by atoms with E-state index in [4.69, 9.17) is 10.2 Å². The fraction of sp³-hybridized carbons (Fsp3) is 0.846. The molecule has 0 saturated carbocycles. The molecule has 19 heavy (non-hydrogen) atoms. The van der Waals surface area contributed by atoms with Gasteiger partial charge in [0.05, 0.1) is 12.6 Å². The van der Waals surface area contributed by atoms with E-state index in [1.54, 1.807) is 0 Å². The average Bonchev–Trinajstić information content (AvgIpc) is 2.27. The molecule has 0 aromatic heterocycles. The Balaban J connectivity index is 4.61. The van der Waals surface area contributed by atoms with Gasteiger partial charge in [0.1, 0.15) is 6.04 Å². The number of carbonyl (C=O) groups is 2. The lowest BCUT2D eigenvalue weighted by molar-refractivity contribution is -0.142. The molecule has 0 aliphatic rings. The van der Waals surface area contributed by atoms with Crippen molar-refractivity contribution in [3.63, 3.8) is 0 Å². The molecule has 6 nitrogen and oxygen atoms in total. The van der Waals surface area contributed by atoms with Crippen molar-refractivity contribution in [2.75, 3.05) is 13.2 Å². The van der Waals surface area contributed by atoms with Crippen LogP contribution in [0.4, 0.5) is 0 Å². The van der Waals surface area contributed by atoms with Crippen molar-refractivity contribution in [1.29, 1.82) is 0 Å². The molecular weight excluding hydrogens is 248 g/mol. The summed E-state index contributed by atoms with van der Waals surface area (Å²) in [5.41, 5.74) is 0. The minimum atomic E-state index is -1.02. The lowest BCUT2D eigenvalue weighted by Gasteiger charge is -2.24. The van der Waals surface area contributed by atoms with Crippen LogP contribution in [-0.4, -0.2) is 47.3 Å². The Morgan fingerprint density at radius 1 is 1.16 bits per heavy atom. The highest BCUT2D eigenvalue weighted by molar-refractivity contribution is 5.87. The molecule has 0 spiro atoms. The van der Waals surface area contributed by atoms with Crippen LogP contribution in [0.1, 0.15) is 34.1 Å². The summed E-state index contributed by atoms with van der Waals surface area (Å²) < 4.78 is 0. The van der Waals surface area contributed by atoms with Crippen LogP contribution in [0.3, 0.4) is 0 Å². The van der Waals surface area contributed by atoms with E-state index in [1.807, 2.05) is 27.7 Å². The molecular formula is C13H26N2O4. The van der Waals surface area contributed by atoms with Gasteiger partial charge in [0.15, 0.2) is 0 Å². The number of carboxylic acids is 1. The standard InChI is InChI=1S/C13H26N2O4/c1-8(2)7-10(13(18)19)15-12(17)11(9(3)4)14-5-6-16/h8-11,14,16H,5-7H2,1-4H3,(H,15,17)(H,18,19)/t10-,11?/m0/s1. The number of rotatable bonds is 9. The van der Waals surface area contributed by atoms with Gasteiger partial charge in [-0.25, -0.2) is 4.79 Å². The highest BCUT2D eigenvalue weighted by Gasteiger charge is 2.27. The van der Waals surface area contributed by atoms with Crippen molar-refractivity contribution in [2.24, 2.45) is 11.8 Å². The predicted octanol–water partition coefficient (Wildman–Crippen LogP) is 0.208. The third-order valence-corrected chi connectivity index (χ3v) is 2.75. The Morgan fingerprint density at radius 2 is 1.74 bits per heavy atom. The Morgan fingerprint density at radius 3 is 2.11 bits per heavy atom. The topological polar surface area (TPSA) is 98.7 Å². The zero-order chi connectivity index (χ0) is 15.0. The van der Waals surface area contributed by atoms with E-state index in [1.165, 1.54) is 0 Å². The number of hydrogen-bond acceptors (Lipinski definition) is 4. The number of amides is 1. The zero-order valence-corrected chi connectivity index (χ0v) is 12.1. The third kappa shape index (κ3) is 7.12. The van der Waals surface area contributed by atoms with Crippen molar-refractivity contribution in [2.45, 2.75) is 46.2 Å². The quantitative estimate of drug-likeness (QED) is 0.482. The van der Waals surface area contributed by atoms with Gasteiger partial charge in [-0.05, 0) is 18.3 Å². The van der Waals surface area contributed by atoms with Crippen LogP contribution in [0.25, 0.3) is 0 Å². The Bertz CT molecular complexity index is 292. The monoisotopic (exact) mass is 274 g/mol. The number of aliphatic hydroxyl groups is 1. The van der Waals surface area contributed by atoms with Gasteiger partial charge in [-0.3, -0.25) is 4.79 Å². The van der Waals surface area contributed by atoms with E-state index in [0.717, 1.165) is 0 Å². The largest absolute Gasteiger partial charge is 0.480 e. The predicted molar refractivity (Wildman–Crippen MR) is 72.7 cm³/mol. The number of aliphatic hydroxyl groups excluding tert-OH is 1. The second-order valence-corrected chi connectivity index (χ2v) is 5.43. The summed E-state index contributed by atoms with van der Waals surface area (Å²) in [6.07, 6.45) is 0.395. The molecule has 0 rings (SSSR count). The molecule has 0 saturated heterocycles. The van der Waals surface area contributed by atoms with Crippen LogP contribution in [0.2, 0.25) is 0 Å². The second-order valence-electron chi connectivity index (χ2n) is 5.43. The van der Waals surface area contributed by atoms with Crippen LogP contribution in [-0.2, 0) is 9.59 Å². The van der Waals surface area contributed by atoms with E-state index < -0.39 is 18.1 Å². The van der Waals surface area contributed by atoms with Gasteiger partial charge in [-0.15, -0.1) is 0 Å². The molecule has 2 atom stereocenters. The molecule has 1 amide bonds. The second kappa shape index (κ2) is 8.87. The van der Waals surface area contributed by atoms with E-state index in [-0.39, 0.29) is 24.3 Å². The van der Waals surface area contributed by atoms with E-state index in [2.05, 4.69) is 10.6 Å². The van der Waals surface area contributed by atoms with Gasteiger partial charge in [0.25, 0.3) is 0 Å². The number of aliphatic carboxylic acids is 1. The van der Waals surface area contributed by atoms with Gasteiger partial charge in [0, 0.05) is 6.54 Å². The number of hydrogen-bond donors (Lipinski definition) is 4. The molecule has 0 heterocycles. The summed E-state index contributed by atoms with van der Waals surface area (Å²) in [5, 5.41) is 23.3. The third-order valence-electron chi connectivity index (χ3n) is 2.75. The number of carboxylic acid groups (broad SMARTS) is 1. The Kier molecular flexibility index (Phi) is 8.34. The number of carbonyl (C=O) groups excluding carboxylic acids is 1. The normalized spacial score (nSPS) is 14.5. The first-order chi connectivity index (χ1) is 8.79. The maximum absolute atomic E-state index is 12.1. The van der Waals surface area contributed by atoms with Gasteiger partial charge in [0.2, 0.25) is 5.91 Å². The molecule has 0 fully saturated rings. The molecule has 0 radical (unpaired) electrons. The molecule has 0 aliphatic heterocycles. The molecule has 1 unspecified atom stereocenters. The maximum atomic E-state index is 12.1. The van der Waals surface area contributed by atoms with Gasteiger partial charge >= 0.3 is 5.97 Å². The van der Waals surface area contributed by atoms with Crippen LogP contribution in [0.5, 0.6) is 0 Å². The molecule has 0 aromatic rings. The van der Waals surface area contributed by atoms with Crippen LogP contribution in [0.15, 0.2) is 0 Å². The van der Waals surface area contributed by atoms with Crippen LogP contribution >= 0.6 is 0 Å². The summed E-state index contributed by atoms with van der Waals surface area (Å²) >= 11 is 0. The van der Waals surface area contributed by atoms with Gasteiger partial charge < -0.3 is 20.8 Å². The van der Waals surface area contributed by atoms with Crippen LogP contribution in [0, 0.1) is 11.8 Å². The lowest BCUT2D eigenvalue weighted by atomic mass is 10.0. The van der Waals surface area contributed by atoms with Crippen molar-refractivity contribution >= 4 is 11.9 Å². The van der Waals surface area contributed by atoms with E-state index >= 15 is 0 Å². The average molecular weight is 274 g/mol. The SMILES string of the molecule is CC(C)C[C@H](NC(=O)C(NCCO)C(C)C)C(=O)O. The summed E-state index contributed by atoms with van der Waals surface area (Å²) in [7, 11) is 0. The van der Waals surface area contributed by atoms with Crippen molar-refractivity contribution in [1.82, 2.24) is 10.6 Å². The molecule has 6 heteroatoms. The zero-order valence-electron chi connectivity index (χ0n) is 12.1. The fourth-order valence-electron chi connectivity index (χ4n) is 1.81. The Hall–Kier alpha value is -1.14. The number of nitrogens with one attached hydrogen (secondary N) is 2. The minimum absolute atomic E-state index is 0.0139. The van der Waals surface area contributed by atoms with Crippen molar-refractivity contribution in [3.05, 3.63) is 0 Å². The van der Waals surface area contributed by atoms with E-state index in [9.17, 15) is 9.59 Å². The molecule has 0 aliphatic carbocycles. The summed E-state index contributed by atoms with van der Waals surface area (Å²) in [4.78, 5) is 23.2. The van der Waals surface area contributed by atoms with Crippen molar-refractivity contribution in [3.8, 4) is 0 Å². The smallest absolute Gasteiger partial charge is 0.326 e. The minimum Gasteiger partial charge on any atom is -0.480 e. The molecule has 0 aromatic carbocycles. The van der Waals surface area contributed by atoms with Crippen LogP contribution < -0.4 is 10.6 Å². The van der Waals surface area contributed by atoms with Gasteiger partial charge in [-0.1, -0.05) is 27.7 Å². The highest BCUT2D eigenvalue weighted by atomic mass is 16.4. The highest BCUT2D eigenvalue weighted by Crippen LogP contribution is 2.07. The molecule has 112 valence electrons. The Labute approximate surface area is 114 Å². The maximum Gasteiger partial charge on any atom is 0.326 e. The summed E-state index contributed by atoms with van der Waals surface area (Å²) in [5.74, 6) is -1.16. The summed E-state index contributed by atoms with van der Waals surface area (Å²) in [6, 6.07) is -1.37. The fourth-order valence-corrected chi connectivity index (χ4v) is 1.81. The summed E-state index contributed by atoms with van der Waals surface area (Å²) in [6.45, 7) is 7.79. The lowest BCUT2D eigenvalue weighted by Crippen LogP contribution is -2.53. The van der Waals surface area contributed by atoms with Crippen molar-refractivity contribution < 1.29 is 19.8 Å². The molecule has 0 bridgehead atoms. The molecule has 4 N–H and O–H groups in total. The first-order valence-electron chi connectivity index (χ1n) is 6.67. The first-order valence-corrected chi connectivity index (χ1v) is 6.67. The van der Waals surface area contributed by atoms with E-state index in [0.29, 0.717) is 13.0 Å². The first kappa shape index (κ1) is 17.9. The van der Waals surface area contributed by atoms with Gasteiger partial charge in [-0.2, -0.15) is 0 Å².